The molecule has 5 aromatic rings. The van der Waals surface area contributed by atoms with Crippen molar-refractivity contribution in [1.82, 2.24) is 24.5 Å². The Bertz CT molecular complexity index is 1660. The van der Waals surface area contributed by atoms with Crippen LogP contribution in [0.25, 0.3) is 28.3 Å². The minimum Gasteiger partial charge on any atom is -0.327 e. The van der Waals surface area contributed by atoms with Crippen LogP contribution in [0.15, 0.2) is 83.5 Å². The molecule has 184 valence electrons. The van der Waals surface area contributed by atoms with Gasteiger partial charge >= 0.3 is 0 Å². The molecule has 0 N–H and O–H groups in total. The van der Waals surface area contributed by atoms with Crippen LogP contribution in [0.1, 0.15) is 40.8 Å². The number of nitrogens with zero attached hydrogens (tertiary/aromatic N) is 5. The Morgan fingerprint density at radius 2 is 1.78 bits per heavy atom. The van der Waals surface area contributed by atoms with Crippen molar-refractivity contribution in [2.75, 3.05) is 6.54 Å². The zero-order valence-corrected chi connectivity index (χ0v) is 21.2. The number of amides is 1. The summed E-state index contributed by atoms with van der Waals surface area (Å²) >= 11 is 3.27. The molecule has 0 aliphatic carbocycles. The van der Waals surface area contributed by atoms with Gasteiger partial charge in [0.15, 0.2) is 5.65 Å². The summed E-state index contributed by atoms with van der Waals surface area (Å²) in [5.74, 6) is -0.842. The first-order valence-electron chi connectivity index (χ1n) is 11.7. The molecule has 2 unspecified atom stereocenters. The molecule has 0 radical (unpaired) electrons. The van der Waals surface area contributed by atoms with Gasteiger partial charge in [0, 0.05) is 22.3 Å². The van der Waals surface area contributed by atoms with Crippen molar-refractivity contribution < 1.29 is 13.6 Å². The van der Waals surface area contributed by atoms with E-state index in [1.807, 2.05) is 25.1 Å². The molecule has 6 rings (SSSR count). The number of hydrogen-bond donors (Lipinski definition) is 0. The van der Waals surface area contributed by atoms with Gasteiger partial charge in [-0.05, 0) is 54.4 Å². The van der Waals surface area contributed by atoms with Crippen molar-refractivity contribution in [3.63, 3.8) is 0 Å². The van der Waals surface area contributed by atoms with Crippen LogP contribution in [-0.4, -0.2) is 36.9 Å². The van der Waals surface area contributed by atoms with E-state index in [-0.39, 0.29) is 18.3 Å². The normalized spacial score (nSPS) is 17.1. The van der Waals surface area contributed by atoms with E-state index in [1.165, 1.54) is 11.0 Å². The van der Waals surface area contributed by atoms with Crippen LogP contribution in [0, 0.1) is 5.82 Å². The van der Waals surface area contributed by atoms with Crippen LogP contribution >= 0.6 is 15.9 Å². The Kier molecular flexibility index (Phi) is 5.79. The Labute approximate surface area is 219 Å². The highest BCUT2D eigenvalue weighted by Crippen LogP contribution is 2.37. The topological polar surface area (TPSA) is 63.4 Å². The lowest BCUT2D eigenvalue weighted by atomic mass is 9.92. The van der Waals surface area contributed by atoms with Gasteiger partial charge in [-0.1, -0.05) is 46.3 Å². The molecule has 2 atom stereocenters. The van der Waals surface area contributed by atoms with Gasteiger partial charge in [0.2, 0.25) is 0 Å². The van der Waals surface area contributed by atoms with E-state index in [9.17, 15) is 9.18 Å². The lowest BCUT2D eigenvalue weighted by Gasteiger charge is -2.36. The van der Waals surface area contributed by atoms with E-state index in [0.29, 0.717) is 38.3 Å². The van der Waals surface area contributed by atoms with Gasteiger partial charge in [-0.2, -0.15) is 5.10 Å². The number of alkyl halides is 1. The predicted octanol–water partition coefficient (Wildman–Crippen LogP) is 6.59. The first kappa shape index (κ1) is 23.4. The van der Waals surface area contributed by atoms with E-state index >= 15 is 4.39 Å². The van der Waals surface area contributed by atoms with Crippen LogP contribution < -0.4 is 0 Å². The smallest absolute Gasteiger partial charge is 0.273 e. The fourth-order valence-corrected chi connectivity index (χ4v) is 5.12. The van der Waals surface area contributed by atoms with Gasteiger partial charge in [-0.25, -0.2) is 18.3 Å². The van der Waals surface area contributed by atoms with Gasteiger partial charge in [0.1, 0.15) is 17.7 Å². The van der Waals surface area contributed by atoms with E-state index in [1.54, 1.807) is 59.2 Å². The fraction of sp³-hybridized carbons (Fsp3) is 0.143. The van der Waals surface area contributed by atoms with Crippen molar-refractivity contribution in [3.05, 3.63) is 106 Å². The van der Waals surface area contributed by atoms with Crippen molar-refractivity contribution in [2.24, 2.45) is 0 Å². The van der Waals surface area contributed by atoms with E-state index in [0.717, 1.165) is 5.56 Å². The number of benzene rings is 2. The Hall–Kier alpha value is -3.98. The van der Waals surface area contributed by atoms with Crippen LogP contribution in [0.4, 0.5) is 8.78 Å². The van der Waals surface area contributed by atoms with Crippen LogP contribution in [0.3, 0.4) is 0 Å². The third-order valence-corrected chi connectivity index (χ3v) is 7.14. The quantitative estimate of drug-likeness (QED) is 0.250. The minimum absolute atomic E-state index is 0.0720. The maximum atomic E-state index is 15.1. The SMILES string of the molecule is CC1c2ccccc2C(F)CN1C(=O)c1cc(-c2ccccn2)n2nc(-c3ccc(Br)cc3F)cc2n1. The molecule has 0 saturated carbocycles. The summed E-state index contributed by atoms with van der Waals surface area (Å²) in [7, 11) is 0. The number of rotatable bonds is 3. The summed E-state index contributed by atoms with van der Waals surface area (Å²) in [6.07, 6.45) is 0.344. The Balaban J connectivity index is 1.48. The maximum Gasteiger partial charge on any atom is 0.273 e. The zero-order valence-electron chi connectivity index (χ0n) is 19.6. The lowest BCUT2D eigenvalue weighted by Crippen LogP contribution is -2.40. The molecule has 37 heavy (non-hydrogen) atoms. The summed E-state index contributed by atoms with van der Waals surface area (Å²) in [4.78, 5) is 24.2. The van der Waals surface area contributed by atoms with Gasteiger partial charge in [-0.15, -0.1) is 0 Å². The number of pyridine rings is 1. The number of carbonyl (C=O) groups excluding carboxylic acids is 1. The molecular formula is C28H20BrF2N5O. The highest BCUT2D eigenvalue weighted by Gasteiger charge is 2.34. The first-order valence-corrected chi connectivity index (χ1v) is 12.5. The summed E-state index contributed by atoms with van der Waals surface area (Å²) < 4.78 is 31.9. The molecule has 0 saturated heterocycles. The zero-order chi connectivity index (χ0) is 25.7. The highest BCUT2D eigenvalue weighted by atomic mass is 79.9. The molecule has 0 fully saturated rings. The Morgan fingerprint density at radius 3 is 2.54 bits per heavy atom. The number of fused-ring (bicyclic) bond motifs is 2. The highest BCUT2D eigenvalue weighted by molar-refractivity contribution is 9.10. The molecule has 1 aliphatic heterocycles. The second-order valence-electron chi connectivity index (χ2n) is 8.90. The number of hydrogen-bond acceptors (Lipinski definition) is 4. The van der Waals surface area contributed by atoms with Crippen molar-refractivity contribution >= 4 is 27.5 Å². The second kappa shape index (κ2) is 9.15. The summed E-state index contributed by atoms with van der Waals surface area (Å²) in [5.41, 5.74) is 3.61. The number of halogens is 3. The van der Waals surface area contributed by atoms with Gasteiger partial charge in [-0.3, -0.25) is 9.78 Å². The average Bonchev–Trinajstić information content (AvgIpc) is 3.34. The molecule has 0 spiro atoms. The molecule has 1 aliphatic rings. The van der Waals surface area contributed by atoms with Crippen LogP contribution in [-0.2, 0) is 0 Å². The van der Waals surface area contributed by atoms with E-state index < -0.39 is 17.9 Å². The van der Waals surface area contributed by atoms with Crippen molar-refractivity contribution in [2.45, 2.75) is 19.1 Å². The Morgan fingerprint density at radius 1 is 1.00 bits per heavy atom. The lowest BCUT2D eigenvalue weighted by molar-refractivity contribution is 0.0585. The standard InChI is InChI=1S/C28H20BrF2N5O/c1-16-18-6-2-3-7-19(18)22(31)15-35(16)28(37)25-13-26(23-8-4-5-11-32-23)36-27(33-25)14-24(34-36)20-10-9-17(29)12-21(20)30/h2-14,16,22H,15H2,1H3. The molecular weight excluding hydrogens is 540 g/mol. The van der Waals surface area contributed by atoms with Crippen LogP contribution in [0.2, 0.25) is 0 Å². The fourth-order valence-electron chi connectivity index (χ4n) is 4.79. The first-order chi connectivity index (χ1) is 17.9. The van der Waals surface area contributed by atoms with Gasteiger partial charge < -0.3 is 4.90 Å². The molecule has 1 amide bonds. The van der Waals surface area contributed by atoms with Gasteiger partial charge in [0.05, 0.1) is 29.7 Å². The molecule has 2 aromatic carbocycles. The second-order valence-corrected chi connectivity index (χ2v) is 9.81. The van der Waals surface area contributed by atoms with Crippen molar-refractivity contribution in [1.29, 1.82) is 0 Å². The molecule has 0 bridgehead atoms. The van der Waals surface area contributed by atoms with Gasteiger partial charge in [0.25, 0.3) is 5.91 Å². The largest absolute Gasteiger partial charge is 0.327 e. The molecule has 6 nitrogen and oxygen atoms in total. The number of aromatic nitrogens is 4. The monoisotopic (exact) mass is 559 g/mol. The molecule has 3 aromatic heterocycles. The van der Waals surface area contributed by atoms with E-state index in [4.69, 9.17) is 0 Å². The number of carbonyl (C=O) groups is 1. The summed E-state index contributed by atoms with van der Waals surface area (Å²) in [6.45, 7) is 1.81. The summed E-state index contributed by atoms with van der Waals surface area (Å²) in [5, 5.41) is 4.59. The van der Waals surface area contributed by atoms with Crippen molar-refractivity contribution in [3.8, 4) is 22.6 Å². The average molecular weight is 560 g/mol. The predicted molar refractivity (Wildman–Crippen MR) is 139 cm³/mol. The van der Waals surface area contributed by atoms with E-state index in [2.05, 4.69) is 31.0 Å². The third kappa shape index (κ3) is 4.09. The minimum atomic E-state index is -1.29. The summed E-state index contributed by atoms with van der Waals surface area (Å²) in [6, 6.07) is 20.3. The molecule has 9 heteroatoms. The van der Waals surface area contributed by atoms with Crippen LogP contribution in [0.5, 0.6) is 0 Å². The third-order valence-electron chi connectivity index (χ3n) is 6.65. The maximum absolute atomic E-state index is 15.1. The molecule has 4 heterocycles.